The standard InChI is InChI=1S/C18H14BrNO2/c1-10-3-5-12(6-4-10)16-9-14(18(21)22)13-7-11(2)8-15(19)17(13)20-16/h3-9H,1-2H3,(H,21,22). The molecule has 0 saturated carbocycles. The first kappa shape index (κ1) is 14.7. The largest absolute Gasteiger partial charge is 0.478 e. The Morgan fingerprint density at radius 3 is 2.36 bits per heavy atom. The molecule has 0 bridgehead atoms. The number of rotatable bonds is 2. The third-order valence-electron chi connectivity index (χ3n) is 3.59. The van der Waals surface area contributed by atoms with Crippen molar-refractivity contribution in [3.05, 3.63) is 63.6 Å². The fraction of sp³-hybridized carbons (Fsp3) is 0.111. The highest BCUT2D eigenvalue weighted by molar-refractivity contribution is 9.10. The molecule has 1 heterocycles. The molecular formula is C18H14BrNO2. The van der Waals surface area contributed by atoms with Gasteiger partial charge in [0.1, 0.15) is 0 Å². The van der Waals surface area contributed by atoms with Gasteiger partial charge in [0.05, 0.1) is 16.8 Å². The summed E-state index contributed by atoms with van der Waals surface area (Å²) in [6.07, 6.45) is 0. The molecule has 3 rings (SSSR count). The van der Waals surface area contributed by atoms with Gasteiger partial charge < -0.3 is 5.11 Å². The van der Waals surface area contributed by atoms with E-state index in [1.54, 1.807) is 6.07 Å². The van der Waals surface area contributed by atoms with Gasteiger partial charge in [0.2, 0.25) is 0 Å². The number of aromatic nitrogens is 1. The van der Waals surface area contributed by atoms with Crippen molar-refractivity contribution in [2.24, 2.45) is 0 Å². The summed E-state index contributed by atoms with van der Waals surface area (Å²) in [6, 6.07) is 13.3. The van der Waals surface area contributed by atoms with Gasteiger partial charge in [-0.25, -0.2) is 9.78 Å². The summed E-state index contributed by atoms with van der Waals surface area (Å²) in [5.74, 6) is -0.946. The van der Waals surface area contributed by atoms with Crippen molar-refractivity contribution in [3.63, 3.8) is 0 Å². The number of benzene rings is 2. The minimum atomic E-state index is -0.946. The zero-order chi connectivity index (χ0) is 15.9. The van der Waals surface area contributed by atoms with Crippen molar-refractivity contribution < 1.29 is 9.90 Å². The quantitative estimate of drug-likeness (QED) is 0.705. The van der Waals surface area contributed by atoms with Gasteiger partial charge in [-0.3, -0.25) is 0 Å². The Morgan fingerprint density at radius 1 is 1.05 bits per heavy atom. The Morgan fingerprint density at radius 2 is 1.73 bits per heavy atom. The lowest BCUT2D eigenvalue weighted by molar-refractivity contribution is 0.0699. The van der Waals surface area contributed by atoms with Crippen LogP contribution in [0, 0.1) is 13.8 Å². The molecule has 0 amide bonds. The fourth-order valence-electron chi connectivity index (χ4n) is 2.47. The number of hydrogen-bond acceptors (Lipinski definition) is 2. The number of hydrogen-bond donors (Lipinski definition) is 1. The molecule has 0 aliphatic heterocycles. The first-order valence-corrected chi connectivity index (χ1v) is 7.66. The average molecular weight is 356 g/mol. The van der Waals surface area contributed by atoms with E-state index in [4.69, 9.17) is 0 Å². The lowest BCUT2D eigenvalue weighted by Crippen LogP contribution is -2.01. The van der Waals surface area contributed by atoms with E-state index >= 15 is 0 Å². The maximum Gasteiger partial charge on any atom is 0.336 e. The van der Waals surface area contributed by atoms with Crippen molar-refractivity contribution in [2.45, 2.75) is 13.8 Å². The molecule has 0 unspecified atom stereocenters. The minimum Gasteiger partial charge on any atom is -0.478 e. The summed E-state index contributed by atoms with van der Waals surface area (Å²) < 4.78 is 0.805. The number of aryl methyl sites for hydroxylation is 2. The van der Waals surface area contributed by atoms with Crippen molar-refractivity contribution in [1.29, 1.82) is 0 Å². The topological polar surface area (TPSA) is 50.2 Å². The maximum absolute atomic E-state index is 11.6. The summed E-state index contributed by atoms with van der Waals surface area (Å²) in [6.45, 7) is 3.95. The Kier molecular flexibility index (Phi) is 3.71. The number of carbonyl (C=O) groups is 1. The fourth-order valence-corrected chi connectivity index (χ4v) is 3.13. The van der Waals surface area contributed by atoms with E-state index in [2.05, 4.69) is 20.9 Å². The number of pyridine rings is 1. The van der Waals surface area contributed by atoms with Crippen LogP contribution in [0.1, 0.15) is 21.5 Å². The van der Waals surface area contributed by atoms with Crippen LogP contribution in [0.15, 0.2) is 46.9 Å². The molecule has 1 N–H and O–H groups in total. The highest BCUT2D eigenvalue weighted by Gasteiger charge is 2.15. The first-order valence-electron chi connectivity index (χ1n) is 6.87. The number of halogens is 1. The Balaban J connectivity index is 2.34. The summed E-state index contributed by atoms with van der Waals surface area (Å²) in [5.41, 5.74) is 4.65. The molecule has 4 heteroatoms. The summed E-state index contributed by atoms with van der Waals surface area (Å²) in [5, 5.41) is 10.2. The van der Waals surface area contributed by atoms with Crippen LogP contribution in [0.25, 0.3) is 22.2 Å². The second-order valence-electron chi connectivity index (χ2n) is 5.37. The molecule has 1 aromatic heterocycles. The Labute approximate surface area is 136 Å². The van der Waals surface area contributed by atoms with Crippen molar-refractivity contribution in [2.75, 3.05) is 0 Å². The van der Waals surface area contributed by atoms with Crippen LogP contribution < -0.4 is 0 Å². The predicted octanol–water partition coefficient (Wildman–Crippen LogP) is 4.98. The van der Waals surface area contributed by atoms with Crippen molar-refractivity contribution in [1.82, 2.24) is 4.98 Å². The second-order valence-corrected chi connectivity index (χ2v) is 6.22. The lowest BCUT2D eigenvalue weighted by Gasteiger charge is -2.10. The highest BCUT2D eigenvalue weighted by Crippen LogP contribution is 2.30. The van der Waals surface area contributed by atoms with Gasteiger partial charge in [-0.2, -0.15) is 0 Å². The number of carboxylic acid groups (broad SMARTS) is 1. The van der Waals surface area contributed by atoms with Gasteiger partial charge in [0.15, 0.2) is 0 Å². The Bertz CT molecular complexity index is 886. The molecule has 22 heavy (non-hydrogen) atoms. The number of aromatic carboxylic acids is 1. The molecular weight excluding hydrogens is 342 g/mol. The van der Waals surface area contributed by atoms with E-state index in [1.807, 2.05) is 50.2 Å². The molecule has 2 aromatic carbocycles. The van der Waals surface area contributed by atoms with Gasteiger partial charge in [0.25, 0.3) is 0 Å². The number of fused-ring (bicyclic) bond motifs is 1. The zero-order valence-electron chi connectivity index (χ0n) is 12.2. The summed E-state index contributed by atoms with van der Waals surface area (Å²) >= 11 is 3.49. The SMILES string of the molecule is Cc1ccc(-c2cc(C(=O)O)c3cc(C)cc(Br)c3n2)cc1. The monoisotopic (exact) mass is 355 g/mol. The third kappa shape index (κ3) is 2.62. The van der Waals surface area contributed by atoms with Gasteiger partial charge in [-0.05, 0) is 53.5 Å². The predicted molar refractivity (Wildman–Crippen MR) is 91.3 cm³/mol. The van der Waals surface area contributed by atoms with Gasteiger partial charge in [0, 0.05) is 15.4 Å². The molecule has 110 valence electrons. The van der Waals surface area contributed by atoms with Crippen LogP contribution in [0.3, 0.4) is 0 Å². The Hall–Kier alpha value is -2.20. The number of carboxylic acids is 1. The third-order valence-corrected chi connectivity index (χ3v) is 4.19. The molecule has 0 radical (unpaired) electrons. The zero-order valence-corrected chi connectivity index (χ0v) is 13.8. The maximum atomic E-state index is 11.6. The highest BCUT2D eigenvalue weighted by atomic mass is 79.9. The second kappa shape index (κ2) is 5.54. The van der Waals surface area contributed by atoms with Crippen LogP contribution >= 0.6 is 15.9 Å². The smallest absolute Gasteiger partial charge is 0.336 e. The molecule has 0 aliphatic carbocycles. The van der Waals surface area contributed by atoms with Gasteiger partial charge in [-0.15, -0.1) is 0 Å². The molecule has 0 spiro atoms. The van der Waals surface area contributed by atoms with E-state index in [0.29, 0.717) is 16.6 Å². The van der Waals surface area contributed by atoms with Gasteiger partial charge >= 0.3 is 5.97 Å². The van der Waals surface area contributed by atoms with Crippen LogP contribution in [0.4, 0.5) is 0 Å². The van der Waals surface area contributed by atoms with E-state index in [1.165, 1.54) is 0 Å². The molecule has 0 fully saturated rings. The molecule has 0 saturated heterocycles. The normalized spacial score (nSPS) is 10.9. The van der Waals surface area contributed by atoms with Crippen LogP contribution in [-0.2, 0) is 0 Å². The first-order chi connectivity index (χ1) is 10.5. The summed E-state index contributed by atoms with van der Waals surface area (Å²) in [7, 11) is 0. The minimum absolute atomic E-state index is 0.268. The van der Waals surface area contributed by atoms with E-state index in [0.717, 1.165) is 21.2 Å². The molecule has 0 aliphatic rings. The lowest BCUT2D eigenvalue weighted by atomic mass is 10.0. The summed E-state index contributed by atoms with van der Waals surface area (Å²) in [4.78, 5) is 16.3. The van der Waals surface area contributed by atoms with Crippen LogP contribution in [0.5, 0.6) is 0 Å². The van der Waals surface area contributed by atoms with Crippen LogP contribution in [0.2, 0.25) is 0 Å². The average Bonchev–Trinajstić information content (AvgIpc) is 2.47. The van der Waals surface area contributed by atoms with Gasteiger partial charge in [-0.1, -0.05) is 29.8 Å². The molecule has 3 nitrogen and oxygen atoms in total. The van der Waals surface area contributed by atoms with Crippen molar-refractivity contribution in [3.8, 4) is 11.3 Å². The van der Waals surface area contributed by atoms with E-state index < -0.39 is 5.97 Å². The van der Waals surface area contributed by atoms with E-state index in [-0.39, 0.29) is 5.56 Å². The van der Waals surface area contributed by atoms with E-state index in [9.17, 15) is 9.90 Å². The molecule has 3 aromatic rings. The van der Waals surface area contributed by atoms with Crippen LogP contribution in [-0.4, -0.2) is 16.1 Å². The van der Waals surface area contributed by atoms with Crippen molar-refractivity contribution >= 4 is 32.8 Å². The molecule has 0 atom stereocenters. The number of nitrogens with zero attached hydrogens (tertiary/aromatic N) is 1.